The van der Waals surface area contributed by atoms with Crippen LogP contribution < -0.4 is 5.32 Å². The number of nitrogens with one attached hydrogen (secondary N) is 1. The molecular weight excluding hydrogens is 358 g/mol. The van der Waals surface area contributed by atoms with E-state index in [0.717, 1.165) is 19.3 Å². The molecule has 1 N–H and O–H groups in total. The van der Waals surface area contributed by atoms with Gasteiger partial charge >= 0.3 is 5.97 Å². The van der Waals surface area contributed by atoms with Gasteiger partial charge in [0.15, 0.2) is 5.78 Å². The average molecular weight is 381 g/mol. The first-order chi connectivity index (χ1) is 13.2. The minimum Gasteiger partial charge on any atom is -0.464 e. The summed E-state index contributed by atoms with van der Waals surface area (Å²) in [5, 5.41) is 4.21. The lowest BCUT2D eigenvalue weighted by Crippen LogP contribution is -2.31. The number of benzene rings is 2. The van der Waals surface area contributed by atoms with Crippen LogP contribution in [0.4, 0.5) is 0 Å². The van der Waals surface area contributed by atoms with E-state index in [0.29, 0.717) is 12.1 Å². The number of unbranched alkanes of at least 4 members (excludes halogenated alkanes) is 1. The Kier molecular flexibility index (Phi) is 6.71. The number of carbonyl (C=O) groups is 2. The molecule has 0 amide bonds. The first-order valence-corrected chi connectivity index (χ1v) is 9.99. The molecule has 4 nitrogen and oxygen atoms in total. The maximum atomic E-state index is 12.2. The SMILES string of the molecule is COC(=O)C1=CSC(C(=O)CCCCc2ccc(-c3ccccc3)cc2)N1. The molecule has 5 heteroatoms. The van der Waals surface area contributed by atoms with Crippen molar-refractivity contribution in [2.75, 3.05) is 7.11 Å². The molecule has 2 aromatic rings. The van der Waals surface area contributed by atoms with Crippen molar-refractivity contribution in [3.8, 4) is 11.1 Å². The van der Waals surface area contributed by atoms with Crippen molar-refractivity contribution in [3.63, 3.8) is 0 Å². The van der Waals surface area contributed by atoms with Crippen molar-refractivity contribution < 1.29 is 14.3 Å². The fourth-order valence-corrected chi connectivity index (χ4v) is 3.87. The summed E-state index contributed by atoms with van der Waals surface area (Å²) in [7, 11) is 1.33. The highest BCUT2D eigenvalue weighted by Crippen LogP contribution is 2.24. The Hall–Kier alpha value is -2.53. The number of carbonyl (C=O) groups excluding carboxylic acids is 2. The minimum absolute atomic E-state index is 0.120. The lowest BCUT2D eigenvalue weighted by atomic mass is 10.0. The third-order valence-electron chi connectivity index (χ3n) is 4.51. The summed E-state index contributed by atoms with van der Waals surface area (Å²) in [6.45, 7) is 0. The fraction of sp³-hybridized carbons (Fsp3) is 0.273. The second-order valence-electron chi connectivity index (χ2n) is 6.42. The van der Waals surface area contributed by atoms with Gasteiger partial charge in [-0.15, -0.1) is 0 Å². The van der Waals surface area contributed by atoms with E-state index in [2.05, 4.69) is 46.5 Å². The van der Waals surface area contributed by atoms with Gasteiger partial charge in [0.25, 0.3) is 0 Å². The lowest BCUT2D eigenvalue weighted by Gasteiger charge is -2.11. The molecule has 0 radical (unpaired) electrons. The Morgan fingerprint density at radius 1 is 1.00 bits per heavy atom. The standard InChI is InChI=1S/C22H23NO3S/c1-26-22(25)19-15-27-21(23-19)20(24)10-6-5-7-16-11-13-18(14-12-16)17-8-3-2-4-9-17/h2-4,8-9,11-15,21,23H,5-7,10H2,1H3. The molecule has 1 unspecified atom stereocenters. The van der Waals surface area contributed by atoms with Crippen LogP contribution in [0.1, 0.15) is 24.8 Å². The third kappa shape index (κ3) is 5.23. The van der Waals surface area contributed by atoms with E-state index in [4.69, 9.17) is 0 Å². The number of esters is 1. The van der Waals surface area contributed by atoms with Gasteiger partial charge in [0.05, 0.1) is 7.11 Å². The van der Waals surface area contributed by atoms with Crippen LogP contribution in [-0.4, -0.2) is 24.2 Å². The quantitative estimate of drug-likeness (QED) is 0.545. The van der Waals surface area contributed by atoms with E-state index in [1.807, 2.05) is 18.2 Å². The Balaban J connectivity index is 1.39. The van der Waals surface area contributed by atoms with E-state index >= 15 is 0 Å². The molecule has 1 heterocycles. The summed E-state index contributed by atoms with van der Waals surface area (Å²) in [4.78, 5) is 23.7. The van der Waals surface area contributed by atoms with Crippen LogP contribution in [0.5, 0.6) is 0 Å². The van der Waals surface area contributed by atoms with Crippen LogP contribution in [0.15, 0.2) is 65.7 Å². The van der Waals surface area contributed by atoms with Gasteiger partial charge in [0.1, 0.15) is 11.1 Å². The maximum Gasteiger partial charge on any atom is 0.354 e. The van der Waals surface area contributed by atoms with E-state index in [-0.39, 0.29) is 11.2 Å². The van der Waals surface area contributed by atoms with Gasteiger partial charge in [0.2, 0.25) is 0 Å². The molecule has 1 aliphatic rings. The predicted molar refractivity (Wildman–Crippen MR) is 109 cm³/mol. The number of hydrogen-bond acceptors (Lipinski definition) is 5. The summed E-state index contributed by atoms with van der Waals surface area (Å²) in [5.74, 6) is -0.314. The fourth-order valence-electron chi connectivity index (χ4n) is 2.97. The Labute approximate surface area is 164 Å². The summed E-state index contributed by atoms with van der Waals surface area (Å²) < 4.78 is 4.65. The van der Waals surface area contributed by atoms with Crippen molar-refractivity contribution in [2.24, 2.45) is 0 Å². The third-order valence-corrected chi connectivity index (χ3v) is 5.53. The first-order valence-electron chi connectivity index (χ1n) is 9.05. The van der Waals surface area contributed by atoms with E-state index < -0.39 is 5.97 Å². The number of hydrogen-bond donors (Lipinski definition) is 1. The topological polar surface area (TPSA) is 55.4 Å². The van der Waals surface area contributed by atoms with Gasteiger partial charge in [0, 0.05) is 11.8 Å². The van der Waals surface area contributed by atoms with Gasteiger partial charge in [-0.2, -0.15) is 0 Å². The van der Waals surface area contributed by atoms with Crippen molar-refractivity contribution in [1.82, 2.24) is 5.32 Å². The zero-order chi connectivity index (χ0) is 19.1. The molecule has 0 aromatic heterocycles. The van der Waals surface area contributed by atoms with Gasteiger partial charge in [-0.25, -0.2) is 4.79 Å². The Bertz CT molecular complexity index is 815. The molecule has 0 bridgehead atoms. The summed E-state index contributed by atoms with van der Waals surface area (Å²) >= 11 is 1.33. The van der Waals surface area contributed by atoms with Gasteiger partial charge in [-0.1, -0.05) is 66.4 Å². The summed E-state index contributed by atoms with van der Waals surface area (Å²) in [6.07, 6.45) is 3.27. The van der Waals surface area contributed by atoms with Crippen molar-refractivity contribution in [3.05, 3.63) is 71.3 Å². The minimum atomic E-state index is -0.434. The largest absolute Gasteiger partial charge is 0.464 e. The number of rotatable bonds is 8. The Morgan fingerprint density at radius 2 is 1.70 bits per heavy atom. The normalized spacial score (nSPS) is 15.7. The summed E-state index contributed by atoms with van der Waals surface area (Å²) in [6, 6.07) is 18.9. The lowest BCUT2D eigenvalue weighted by molar-refractivity contribution is -0.136. The molecule has 1 aliphatic heterocycles. The van der Waals surface area contributed by atoms with E-state index in [1.54, 1.807) is 5.41 Å². The maximum absolute atomic E-state index is 12.2. The van der Waals surface area contributed by atoms with Gasteiger partial charge in [-0.05, 0) is 36.0 Å². The highest BCUT2D eigenvalue weighted by molar-refractivity contribution is 8.03. The smallest absolute Gasteiger partial charge is 0.354 e. The average Bonchev–Trinajstić information content (AvgIpc) is 3.22. The molecular formula is C22H23NO3S. The highest BCUT2D eigenvalue weighted by Gasteiger charge is 2.26. The second-order valence-corrected chi connectivity index (χ2v) is 7.40. The molecule has 0 saturated heterocycles. The number of ether oxygens (including phenoxy) is 1. The van der Waals surface area contributed by atoms with Gasteiger partial charge < -0.3 is 10.1 Å². The van der Waals surface area contributed by atoms with Crippen LogP contribution in [0, 0.1) is 0 Å². The molecule has 140 valence electrons. The van der Waals surface area contributed by atoms with E-state index in [9.17, 15) is 9.59 Å². The zero-order valence-corrected chi connectivity index (χ0v) is 16.1. The number of ketones is 1. The number of thioether (sulfide) groups is 1. The molecule has 2 aromatic carbocycles. The number of aryl methyl sites for hydroxylation is 1. The van der Waals surface area contributed by atoms with Gasteiger partial charge in [-0.3, -0.25) is 4.79 Å². The predicted octanol–water partition coefficient (Wildman–Crippen LogP) is 4.31. The van der Waals surface area contributed by atoms with Crippen LogP contribution in [0.25, 0.3) is 11.1 Å². The number of Topliss-reactive ketones (excluding diaryl/α,β-unsaturated/α-hetero) is 1. The summed E-state index contributed by atoms with van der Waals surface area (Å²) in [5.41, 5.74) is 4.08. The van der Waals surface area contributed by atoms with E-state index in [1.165, 1.54) is 35.6 Å². The van der Waals surface area contributed by atoms with Crippen molar-refractivity contribution >= 4 is 23.5 Å². The monoisotopic (exact) mass is 381 g/mol. The molecule has 0 saturated carbocycles. The molecule has 27 heavy (non-hydrogen) atoms. The molecule has 1 atom stereocenters. The van der Waals surface area contributed by atoms with Crippen molar-refractivity contribution in [2.45, 2.75) is 31.1 Å². The van der Waals surface area contributed by atoms with Crippen LogP contribution >= 0.6 is 11.8 Å². The molecule has 0 fully saturated rings. The molecule has 0 spiro atoms. The Morgan fingerprint density at radius 3 is 2.41 bits per heavy atom. The number of methoxy groups -OCH3 is 1. The van der Waals surface area contributed by atoms with Crippen LogP contribution in [0.2, 0.25) is 0 Å². The highest BCUT2D eigenvalue weighted by atomic mass is 32.2. The van der Waals surface area contributed by atoms with Crippen molar-refractivity contribution in [1.29, 1.82) is 0 Å². The molecule has 0 aliphatic carbocycles. The zero-order valence-electron chi connectivity index (χ0n) is 15.3. The van der Waals surface area contributed by atoms with Crippen LogP contribution in [-0.2, 0) is 20.7 Å². The second kappa shape index (κ2) is 9.42. The first kappa shape index (κ1) is 19.2. The van der Waals surface area contributed by atoms with Crippen LogP contribution in [0.3, 0.4) is 0 Å². The molecule has 3 rings (SSSR count).